The number of allylic oxidation sites excluding steroid dienone is 2. The summed E-state index contributed by atoms with van der Waals surface area (Å²) < 4.78 is 11.8. The molecule has 0 aliphatic carbocycles. The molecule has 99 heavy (non-hydrogen) atoms. The van der Waals surface area contributed by atoms with Crippen LogP contribution in [0.5, 0.6) is 0 Å². The Kier molecular flexibility index (Phi) is 34.2. The van der Waals surface area contributed by atoms with Crippen molar-refractivity contribution in [2.45, 2.75) is 234 Å². The van der Waals surface area contributed by atoms with Gasteiger partial charge >= 0.3 is 6.09 Å². The van der Waals surface area contributed by atoms with Crippen molar-refractivity contribution in [2.75, 3.05) is 95.3 Å². The van der Waals surface area contributed by atoms with Crippen molar-refractivity contribution in [3.05, 3.63) is 12.2 Å². The second-order valence-corrected chi connectivity index (χ2v) is 29.5. The highest BCUT2D eigenvalue weighted by molar-refractivity contribution is 6.00. The van der Waals surface area contributed by atoms with E-state index in [-0.39, 0.29) is 76.0 Å². The van der Waals surface area contributed by atoms with Gasteiger partial charge in [0, 0.05) is 81.4 Å². The van der Waals surface area contributed by atoms with Crippen molar-refractivity contribution in [2.24, 2.45) is 35.5 Å². The van der Waals surface area contributed by atoms with Crippen molar-refractivity contribution in [1.29, 1.82) is 0 Å². The highest BCUT2D eigenvalue weighted by atomic mass is 16.6. The van der Waals surface area contributed by atoms with Gasteiger partial charge < -0.3 is 85.1 Å². The van der Waals surface area contributed by atoms with Crippen LogP contribution in [0.4, 0.5) is 4.79 Å². The molecule has 12 amide bonds. The lowest BCUT2D eigenvalue weighted by atomic mass is 9.91. The maximum absolute atomic E-state index is 15.4. The number of carbonyl (C=O) groups excluding carboxylic acids is 12. The van der Waals surface area contributed by atoms with Gasteiger partial charge in [-0.3, -0.25) is 52.7 Å². The minimum atomic E-state index is -1.71. The van der Waals surface area contributed by atoms with Gasteiger partial charge in [-0.25, -0.2) is 4.79 Å². The molecule has 3 rings (SSSR count). The highest BCUT2D eigenvalue weighted by Crippen LogP contribution is 2.28. The lowest BCUT2D eigenvalue weighted by molar-refractivity contribution is -0.157. The van der Waals surface area contributed by atoms with Crippen LogP contribution < -0.4 is 21.3 Å². The molecule has 0 radical (unpaired) electrons. The topological polar surface area (TPSA) is 341 Å². The summed E-state index contributed by atoms with van der Waals surface area (Å²) in [5.74, 6) is -11.1. The molecule has 29 heteroatoms. The Balaban J connectivity index is 2.36. The van der Waals surface area contributed by atoms with E-state index in [1.807, 2.05) is 48.6 Å². The molecule has 15 atom stereocenters. The van der Waals surface area contributed by atoms with Crippen molar-refractivity contribution in [1.82, 2.24) is 65.4 Å². The van der Waals surface area contributed by atoms with Crippen LogP contribution in [0, 0.1) is 35.5 Å². The van der Waals surface area contributed by atoms with E-state index in [1.165, 1.54) is 82.7 Å². The molecule has 3 saturated heterocycles. The first-order valence-corrected chi connectivity index (χ1v) is 35.4. The molecular weight excluding hydrogens is 1280 g/mol. The monoisotopic (exact) mass is 1400 g/mol. The van der Waals surface area contributed by atoms with Crippen LogP contribution in [0.1, 0.15) is 149 Å². The number of likely N-dealkylation sites (N-methyl/N-ethyl adjacent to an activating group) is 7. The summed E-state index contributed by atoms with van der Waals surface area (Å²) in [7, 11) is 10.2. The molecule has 2 unspecified atom stereocenters. The van der Waals surface area contributed by atoms with Crippen LogP contribution >= 0.6 is 0 Å². The van der Waals surface area contributed by atoms with Gasteiger partial charge in [-0.2, -0.15) is 0 Å². The lowest BCUT2D eigenvalue weighted by Gasteiger charge is -2.41. The Labute approximate surface area is 588 Å². The largest absolute Gasteiger partial charge is 0.447 e. The van der Waals surface area contributed by atoms with Gasteiger partial charge in [0.2, 0.25) is 65.0 Å². The Morgan fingerprint density at radius 3 is 1.52 bits per heavy atom. The first-order chi connectivity index (χ1) is 46.1. The van der Waals surface area contributed by atoms with E-state index in [1.54, 1.807) is 65.5 Å². The zero-order valence-corrected chi connectivity index (χ0v) is 63.5. The predicted octanol–water partition coefficient (Wildman–Crippen LogP) is 1.52. The van der Waals surface area contributed by atoms with E-state index in [0.717, 1.165) is 14.7 Å². The summed E-state index contributed by atoms with van der Waals surface area (Å²) in [5.41, 5.74) is 0. The number of amides is 12. The third-order valence-electron chi connectivity index (χ3n) is 19.2. The molecule has 564 valence electrons. The number of hydrogen-bond acceptors (Lipinski definition) is 17. The smallest absolute Gasteiger partial charge is 0.409 e. The number of aliphatic hydroxyl groups excluding tert-OH is 2. The van der Waals surface area contributed by atoms with Crippen molar-refractivity contribution in [3.63, 3.8) is 0 Å². The molecule has 6 N–H and O–H groups in total. The maximum Gasteiger partial charge on any atom is 0.409 e. The SMILES string of the molecule is C/C=C/C[C@@H](C)[C@@H](O)[C@H]1C(=O)N[C@@H](CC)C(=O)N2CC(OCCOC(=O)N3CCN(C)CC3)C[C@@H]2C(=O)N(C)C([C@@H](C)O)C(=O)N[C@@H](C(C)C)C(=O)N(C)[C@@H](CC(C)C)C(=O)N[C@@H](C)C(=O)N[C@H](C)C(=O)N(C)[C@@H](CC(C)C)C(=O)N(C)[C@@H](CC(C)C)C(=O)N(C)[C@@H](C(C)C)C(=O)N1C. The quantitative estimate of drug-likeness (QED) is 0.0837. The fraction of sp³-hybridized carbons (Fsp3) is 0.800. The number of aliphatic hydroxyl groups is 2. The summed E-state index contributed by atoms with van der Waals surface area (Å²) in [6.07, 6.45) is -0.791. The molecule has 0 saturated carbocycles. The number of nitrogens with one attached hydrogen (secondary N) is 4. The molecule has 3 aliphatic heterocycles. The molecule has 0 aromatic carbocycles. The number of piperazine rings is 1. The van der Waals surface area contributed by atoms with Gasteiger partial charge in [0.25, 0.3) is 0 Å². The number of ether oxygens (including phenoxy) is 2. The molecule has 0 aromatic heterocycles. The second kappa shape index (κ2) is 39.3. The van der Waals surface area contributed by atoms with E-state index >= 15 is 28.8 Å². The van der Waals surface area contributed by atoms with Crippen LogP contribution in [0.2, 0.25) is 0 Å². The fourth-order valence-electron chi connectivity index (χ4n) is 13.1. The number of rotatable bonds is 18. The molecule has 3 fully saturated rings. The van der Waals surface area contributed by atoms with E-state index in [2.05, 4.69) is 26.2 Å². The van der Waals surface area contributed by atoms with Gasteiger partial charge in [0.15, 0.2) is 0 Å². The number of hydrogen-bond donors (Lipinski definition) is 6. The zero-order valence-electron chi connectivity index (χ0n) is 63.5. The Hall–Kier alpha value is -6.98. The van der Waals surface area contributed by atoms with Gasteiger partial charge in [0.05, 0.1) is 24.9 Å². The summed E-state index contributed by atoms with van der Waals surface area (Å²) in [6.45, 7) is 28.6. The van der Waals surface area contributed by atoms with Crippen LogP contribution in [-0.2, 0) is 62.2 Å². The van der Waals surface area contributed by atoms with E-state index < -0.39 is 174 Å². The summed E-state index contributed by atoms with van der Waals surface area (Å²) in [6, 6.07) is -15.1. The van der Waals surface area contributed by atoms with Crippen molar-refractivity contribution < 1.29 is 77.2 Å². The standard InChI is InChI=1S/C70H123N13O16/c1-24-26-27-44(13)58(85)57-62(89)73-49(25-2)64(91)83-38-48(98-32-33-99-70(97)82-30-28-75(17)29-31-82)37-53(83)67(94)80(22)56(47(16)84)61(88)74-54(42(9)10)68(95)76(18)50(34-39(3)4)60(87)71-45(14)59(86)72-46(15)63(90)77(19)51(35-40(5)6)65(92)78(20)52(36-41(7)8)66(93)79(21)55(43(11)12)69(96)81(57)23/h24,26,39-58,84-85H,25,27-38H2,1-23H3,(H,71,87)(H,72,86)(H,73,89)(H,74,88)/b26-24+/t44-,45+,46-,47-,48?,49+,50+,51+,52+,53-,54+,55+,56?,57+,58-/m1/s1. The van der Waals surface area contributed by atoms with E-state index in [4.69, 9.17) is 9.47 Å². The first-order valence-electron chi connectivity index (χ1n) is 35.4. The van der Waals surface area contributed by atoms with Gasteiger partial charge in [0.1, 0.15) is 73.1 Å². The normalized spacial score (nSPS) is 28.2. The third-order valence-corrected chi connectivity index (χ3v) is 19.2. The number of fused-ring (bicyclic) bond motifs is 1. The predicted molar refractivity (Wildman–Crippen MR) is 373 cm³/mol. The molecule has 29 nitrogen and oxygen atoms in total. The fourth-order valence-corrected chi connectivity index (χ4v) is 13.1. The molecule has 3 aliphatic rings. The lowest BCUT2D eigenvalue weighted by Crippen LogP contribution is -2.64. The third kappa shape index (κ3) is 23.3. The van der Waals surface area contributed by atoms with Gasteiger partial charge in [-0.15, -0.1) is 0 Å². The average molecular weight is 1400 g/mol. The van der Waals surface area contributed by atoms with E-state index in [0.29, 0.717) is 26.2 Å². The van der Waals surface area contributed by atoms with Crippen molar-refractivity contribution >= 4 is 71.1 Å². The minimum Gasteiger partial charge on any atom is -0.447 e. The minimum absolute atomic E-state index is 0.0890. The van der Waals surface area contributed by atoms with Crippen LogP contribution in [-0.4, -0.2) is 305 Å². The van der Waals surface area contributed by atoms with Gasteiger partial charge in [-0.05, 0) is 102 Å². The van der Waals surface area contributed by atoms with E-state index in [9.17, 15) is 39.0 Å². The average Bonchev–Trinajstić information content (AvgIpc) is 1.75. The molecule has 0 bridgehead atoms. The first kappa shape index (κ1) is 86.2. The Bertz CT molecular complexity index is 2790. The van der Waals surface area contributed by atoms with Crippen LogP contribution in [0.15, 0.2) is 12.2 Å². The maximum atomic E-state index is 15.4. The highest BCUT2D eigenvalue weighted by Gasteiger charge is 2.49. The Morgan fingerprint density at radius 1 is 0.525 bits per heavy atom. The molecule has 3 heterocycles. The zero-order chi connectivity index (χ0) is 75.5. The van der Waals surface area contributed by atoms with Gasteiger partial charge in [-0.1, -0.05) is 95.2 Å². The van der Waals surface area contributed by atoms with Crippen LogP contribution in [0.25, 0.3) is 0 Å². The number of nitrogens with zero attached hydrogens (tertiary/aromatic N) is 9. The molecule has 0 spiro atoms. The van der Waals surface area contributed by atoms with Crippen molar-refractivity contribution in [3.8, 4) is 0 Å². The summed E-state index contributed by atoms with van der Waals surface area (Å²) >= 11 is 0. The summed E-state index contributed by atoms with van der Waals surface area (Å²) in [5, 5.41) is 34.7. The second-order valence-electron chi connectivity index (χ2n) is 29.5. The van der Waals surface area contributed by atoms with Crippen LogP contribution in [0.3, 0.4) is 0 Å². The molecule has 0 aromatic rings. The summed E-state index contributed by atoms with van der Waals surface area (Å²) in [4.78, 5) is 189. The Morgan fingerprint density at radius 2 is 1.01 bits per heavy atom. The number of carbonyl (C=O) groups is 12. The molecular formula is C70H123N13O16.